The van der Waals surface area contributed by atoms with Crippen molar-refractivity contribution in [1.82, 2.24) is 19.4 Å². The van der Waals surface area contributed by atoms with E-state index in [1.807, 2.05) is 0 Å². The number of benzene rings is 1. The van der Waals surface area contributed by atoms with Crippen molar-refractivity contribution in [2.45, 2.75) is 13.1 Å². The summed E-state index contributed by atoms with van der Waals surface area (Å²) in [5, 5.41) is 0. The van der Waals surface area contributed by atoms with E-state index in [0.717, 1.165) is 57.3 Å². The second-order valence-corrected chi connectivity index (χ2v) is 5.86. The summed E-state index contributed by atoms with van der Waals surface area (Å²) < 4.78 is 7.78. The Morgan fingerprint density at radius 3 is 2.67 bits per heavy atom. The number of aromatic nitrogens is 2. The summed E-state index contributed by atoms with van der Waals surface area (Å²) in [4.78, 5) is 9.44. The average molecular weight is 288 g/mol. The third-order valence-electron chi connectivity index (χ3n) is 3.93. The number of hydrogen-bond donors (Lipinski definition) is 0. The molecule has 0 amide bonds. The van der Waals surface area contributed by atoms with Crippen LogP contribution in [0.25, 0.3) is 11.0 Å². The van der Waals surface area contributed by atoms with Gasteiger partial charge in [-0.15, -0.1) is 0 Å². The van der Waals surface area contributed by atoms with Crippen molar-refractivity contribution in [2.24, 2.45) is 0 Å². The number of fused-ring (bicyclic) bond motifs is 1. The van der Waals surface area contributed by atoms with Crippen LogP contribution in [0, 0.1) is 0 Å². The first-order chi connectivity index (χ1) is 10.2. The number of nitrogens with zero attached hydrogens (tertiary/aromatic N) is 4. The SMILES string of the molecule is CN(C)Cc1nc2ccccc2n1CCN1CCOCC1. The third-order valence-corrected chi connectivity index (χ3v) is 3.93. The molecule has 0 radical (unpaired) electrons. The van der Waals surface area contributed by atoms with Gasteiger partial charge in [-0.25, -0.2) is 4.98 Å². The van der Waals surface area contributed by atoms with E-state index in [4.69, 9.17) is 9.72 Å². The van der Waals surface area contributed by atoms with Crippen LogP contribution in [0.15, 0.2) is 24.3 Å². The van der Waals surface area contributed by atoms with Crippen LogP contribution in [0.5, 0.6) is 0 Å². The van der Waals surface area contributed by atoms with Crippen LogP contribution < -0.4 is 0 Å². The third kappa shape index (κ3) is 3.43. The van der Waals surface area contributed by atoms with E-state index < -0.39 is 0 Å². The molecule has 0 aliphatic carbocycles. The van der Waals surface area contributed by atoms with E-state index in [1.165, 1.54) is 5.52 Å². The largest absolute Gasteiger partial charge is 0.379 e. The maximum absolute atomic E-state index is 5.42. The number of ether oxygens (including phenoxy) is 1. The minimum Gasteiger partial charge on any atom is -0.379 e. The zero-order chi connectivity index (χ0) is 14.7. The fourth-order valence-corrected chi connectivity index (χ4v) is 2.84. The Hall–Kier alpha value is -1.43. The average Bonchev–Trinajstić information content (AvgIpc) is 2.82. The van der Waals surface area contributed by atoms with Crippen LogP contribution in [-0.4, -0.2) is 66.3 Å². The molecule has 0 saturated carbocycles. The summed E-state index contributed by atoms with van der Waals surface area (Å²) >= 11 is 0. The van der Waals surface area contributed by atoms with Crippen LogP contribution in [0.3, 0.4) is 0 Å². The molecule has 0 atom stereocenters. The van der Waals surface area contributed by atoms with Gasteiger partial charge in [0.05, 0.1) is 30.8 Å². The van der Waals surface area contributed by atoms with E-state index in [0.29, 0.717) is 0 Å². The number of imidazole rings is 1. The Balaban J connectivity index is 1.80. The molecule has 1 fully saturated rings. The number of morpholine rings is 1. The first-order valence-electron chi connectivity index (χ1n) is 7.63. The van der Waals surface area contributed by atoms with Crippen LogP contribution in [0.1, 0.15) is 5.82 Å². The smallest absolute Gasteiger partial charge is 0.124 e. The van der Waals surface area contributed by atoms with Gasteiger partial charge in [-0.2, -0.15) is 0 Å². The van der Waals surface area contributed by atoms with Gasteiger partial charge in [0.15, 0.2) is 0 Å². The van der Waals surface area contributed by atoms with Crippen molar-refractivity contribution >= 4 is 11.0 Å². The molecule has 114 valence electrons. The molecule has 5 heteroatoms. The second kappa shape index (κ2) is 6.56. The summed E-state index contributed by atoms with van der Waals surface area (Å²) in [6.45, 7) is 6.71. The van der Waals surface area contributed by atoms with Gasteiger partial charge in [-0.05, 0) is 26.2 Å². The van der Waals surface area contributed by atoms with Gasteiger partial charge in [-0.1, -0.05) is 12.1 Å². The molecule has 5 nitrogen and oxygen atoms in total. The first kappa shape index (κ1) is 14.5. The number of rotatable bonds is 5. The van der Waals surface area contributed by atoms with E-state index in [-0.39, 0.29) is 0 Å². The molecule has 1 aromatic heterocycles. The highest BCUT2D eigenvalue weighted by Crippen LogP contribution is 2.17. The molecule has 1 aliphatic rings. The van der Waals surface area contributed by atoms with Crippen molar-refractivity contribution in [1.29, 1.82) is 0 Å². The summed E-state index contributed by atoms with van der Waals surface area (Å²) in [5.41, 5.74) is 2.33. The van der Waals surface area contributed by atoms with Gasteiger partial charge in [0, 0.05) is 26.2 Å². The molecule has 2 heterocycles. The normalized spacial score (nSPS) is 16.9. The Labute approximate surface area is 126 Å². The highest BCUT2D eigenvalue weighted by molar-refractivity contribution is 5.75. The van der Waals surface area contributed by atoms with E-state index >= 15 is 0 Å². The monoisotopic (exact) mass is 288 g/mol. The van der Waals surface area contributed by atoms with E-state index in [1.54, 1.807) is 0 Å². The second-order valence-electron chi connectivity index (χ2n) is 5.86. The lowest BCUT2D eigenvalue weighted by molar-refractivity contribution is 0.0364. The fourth-order valence-electron chi connectivity index (χ4n) is 2.84. The Morgan fingerprint density at radius 1 is 1.14 bits per heavy atom. The highest BCUT2D eigenvalue weighted by Gasteiger charge is 2.14. The number of para-hydroxylation sites is 2. The van der Waals surface area contributed by atoms with Crippen LogP contribution in [-0.2, 0) is 17.8 Å². The molecular formula is C16H24N4O. The van der Waals surface area contributed by atoms with Crippen LogP contribution in [0.4, 0.5) is 0 Å². The molecule has 3 rings (SSSR count). The Bertz CT molecular complexity index is 587. The van der Waals surface area contributed by atoms with Gasteiger partial charge in [0.25, 0.3) is 0 Å². The van der Waals surface area contributed by atoms with Crippen molar-refractivity contribution in [3.8, 4) is 0 Å². The standard InChI is InChI=1S/C16H24N4O/c1-18(2)13-16-17-14-5-3-4-6-15(14)20(16)8-7-19-9-11-21-12-10-19/h3-6H,7-13H2,1-2H3. The molecule has 0 spiro atoms. The zero-order valence-electron chi connectivity index (χ0n) is 13.0. The first-order valence-corrected chi connectivity index (χ1v) is 7.63. The zero-order valence-corrected chi connectivity index (χ0v) is 13.0. The van der Waals surface area contributed by atoms with Crippen molar-refractivity contribution < 1.29 is 4.74 Å². The lowest BCUT2D eigenvalue weighted by atomic mass is 10.3. The minimum absolute atomic E-state index is 0.856. The molecule has 1 aromatic carbocycles. The molecular weight excluding hydrogens is 264 g/mol. The van der Waals surface area contributed by atoms with Crippen molar-refractivity contribution in [3.63, 3.8) is 0 Å². The summed E-state index contributed by atoms with van der Waals surface area (Å²) in [6, 6.07) is 8.41. The number of hydrogen-bond acceptors (Lipinski definition) is 4. The summed E-state index contributed by atoms with van der Waals surface area (Å²) in [7, 11) is 4.18. The van der Waals surface area contributed by atoms with Gasteiger partial charge in [0.1, 0.15) is 5.82 Å². The maximum Gasteiger partial charge on any atom is 0.124 e. The van der Waals surface area contributed by atoms with Crippen LogP contribution in [0.2, 0.25) is 0 Å². The fraction of sp³-hybridized carbons (Fsp3) is 0.562. The Kier molecular flexibility index (Phi) is 4.53. The lowest BCUT2D eigenvalue weighted by Gasteiger charge is -2.27. The molecule has 1 aliphatic heterocycles. The molecule has 21 heavy (non-hydrogen) atoms. The maximum atomic E-state index is 5.42. The van der Waals surface area contributed by atoms with Crippen molar-refractivity contribution in [2.75, 3.05) is 46.9 Å². The molecule has 2 aromatic rings. The summed E-state index contributed by atoms with van der Waals surface area (Å²) in [6.07, 6.45) is 0. The topological polar surface area (TPSA) is 33.5 Å². The molecule has 0 N–H and O–H groups in total. The lowest BCUT2D eigenvalue weighted by Crippen LogP contribution is -2.38. The summed E-state index contributed by atoms with van der Waals surface area (Å²) in [5.74, 6) is 1.15. The molecule has 0 bridgehead atoms. The van der Waals surface area contributed by atoms with Crippen LogP contribution >= 0.6 is 0 Å². The van der Waals surface area contributed by atoms with Gasteiger partial charge < -0.3 is 14.2 Å². The van der Waals surface area contributed by atoms with Gasteiger partial charge in [-0.3, -0.25) is 4.90 Å². The highest BCUT2D eigenvalue weighted by atomic mass is 16.5. The van der Waals surface area contributed by atoms with Gasteiger partial charge >= 0.3 is 0 Å². The predicted octanol–water partition coefficient (Wildman–Crippen LogP) is 1.43. The molecule has 0 unspecified atom stereocenters. The predicted molar refractivity (Wildman–Crippen MR) is 84.4 cm³/mol. The quantitative estimate of drug-likeness (QED) is 0.833. The Morgan fingerprint density at radius 2 is 1.90 bits per heavy atom. The minimum atomic E-state index is 0.856. The van der Waals surface area contributed by atoms with E-state index in [2.05, 4.69) is 52.7 Å². The van der Waals surface area contributed by atoms with E-state index in [9.17, 15) is 0 Å². The van der Waals surface area contributed by atoms with Gasteiger partial charge in [0.2, 0.25) is 0 Å². The molecule has 1 saturated heterocycles. The van der Waals surface area contributed by atoms with Crippen molar-refractivity contribution in [3.05, 3.63) is 30.1 Å².